The Morgan fingerprint density at radius 1 is 1.19 bits per heavy atom. The molecular weight excluding hydrogens is 416 g/mol. The number of rotatable bonds is 6. The summed E-state index contributed by atoms with van der Waals surface area (Å²) in [5.41, 5.74) is 0.980. The van der Waals surface area contributed by atoms with Crippen molar-refractivity contribution < 1.29 is 13.2 Å². The van der Waals surface area contributed by atoms with Crippen LogP contribution in [0.4, 0.5) is 0 Å². The molecule has 0 aliphatic carbocycles. The molecule has 1 aliphatic rings. The van der Waals surface area contributed by atoms with Gasteiger partial charge in [0, 0.05) is 31.7 Å². The molecule has 1 aliphatic heterocycles. The predicted molar refractivity (Wildman–Crippen MR) is 114 cm³/mol. The second-order valence-corrected chi connectivity index (χ2v) is 9.57. The third kappa shape index (κ3) is 4.80. The highest BCUT2D eigenvalue weighted by Gasteiger charge is 2.28. The zero-order chi connectivity index (χ0) is 21.8. The summed E-state index contributed by atoms with van der Waals surface area (Å²) in [4.78, 5) is 25.0. The van der Waals surface area contributed by atoms with Crippen LogP contribution in [-0.2, 0) is 16.6 Å². The van der Waals surface area contributed by atoms with Crippen LogP contribution in [0.5, 0.6) is 0 Å². The number of pyridine rings is 2. The first-order valence-electron chi connectivity index (χ1n) is 10.1. The Labute approximate surface area is 181 Å². The molecule has 1 atom stereocenters. The van der Waals surface area contributed by atoms with Crippen molar-refractivity contribution in [1.29, 1.82) is 0 Å². The number of aromatic nitrogens is 4. The highest BCUT2D eigenvalue weighted by Crippen LogP contribution is 2.23. The lowest BCUT2D eigenvalue weighted by atomic mass is 10.0. The van der Waals surface area contributed by atoms with Crippen molar-refractivity contribution in [3.8, 4) is 5.82 Å². The van der Waals surface area contributed by atoms with Gasteiger partial charge in [0.05, 0.1) is 12.2 Å². The van der Waals surface area contributed by atoms with Crippen LogP contribution < -0.4 is 5.32 Å². The maximum Gasteiger partial charge on any atom is 0.271 e. The fourth-order valence-corrected chi connectivity index (χ4v) is 5.07. The molecule has 1 saturated heterocycles. The van der Waals surface area contributed by atoms with Gasteiger partial charge in [0.2, 0.25) is 10.0 Å². The van der Waals surface area contributed by atoms with Gasteiger partial charge < -0.3 is 5.32 Å². The minimum atomic E-state index is -3.56. The number of nitrogens with one attached hydrogen (secondary N) is 1. The first-order valence-corrected chi connectivity index (χ1v) is 11.6. The minimum absolute atomic E-state index is 0.166. The highest BCUT2D eigenvalue weighted by molar-refractivity contribution is 7.89. The summed E-state index contributed by atoms with van der Waals surface area (Å²) in [5, 5.41) is 2.77. The van der Waals surface area contributed by atoms with Crippen molar-refractivity contribution >= 4 is 15.9 Å². The number of nitrogens with zero attached hydrogens (tertiary/aromatic N) is 5. The van der Waals surface area contributed by atoms with Gasteiger partial charge in [-0.1, -0.05) is 13.0 Å². The second-order valence-electron chi connectivity index (χ2n) is 7.63. The molecular formula is C21H24N6O3S. The van der Waals surface area contributed by atoms with Crippen LogP contribution in [0.1, 0.15) is 35.9 Å². The summed E-state index contributed by atoms with van der Waals surface area (Å²) < 4.78 is 28.8. The Morgan fingerprint density at radius 3 is 2.77 bits per heavy atom. The van der Waals surface area contributed by atoms with Crippen LogP contribution in [0.15, 0.2) is 60.1 Å². The smallest absolute Gasteiger partial charge is 0.271 e. The summed E-state index contributed by atoms with van der Waals surface area (Å²) in [6.45, 7) is 3.42. The van der Waals surface area contributed by atoms with Crippen molar-refractivity contribution in [2.24, 2.45) is 5.92 Å². The van der Waals surface area contributed by atoms with E-state index >= 15 is 0 Å². The van der Waals surface area contributed by atoms with Gasteiger partial charge in [-0.2, -0.15) is 4.31 Å². The van der Waals surface area contributed by atoms with Gasteiger partial charge >= 0.3 is 0 Å². The molecule has 4 heterocycles. The SMILES string of the molecule is CC1CCCN(S(=O)(=O)c2ccc(-n3cnc(C(=O)NCc4ccccn4)c3)nc2)C1. The molecule has 0 spiro atoms. The average molecular weight is 441 g/mol. The van der Waals surface area contributed by atoms with E-state index in [0.717, 1.165) is 18.5 Å². The maximum absolute atomic E-state index is 12.9. The first kappa shape index (κ1) is 21.1. The van der Waals surface area contributed by atoms with Crippen molar-refractivity contribution in [3.63, 3.8) is 0 Å². The quantitative estimate of drug-likeness (QED) is 0.628. The van der Waals surface area contributed by atoms with Gasteiger partial charge in [-0.15, -0.1) is 0 Å². The van der Waals surface area contributed by atoms with Gasteiger partial charge in [0.15, 0.2) is 0 Å². The molecule has 9 nitrogen and oxygen atoms in total. The van der Waals surface area contributed by atoms with Crippen LogP contribution in [0, 0.1) is 5.92 Å². The average Bonchev–Trinajstić information content (AvgIpc) is 3.29. The van der Waals surface area contributed by atoms with E-state index in [1.165, 1.54) is 22.9 Å². The van der Waals surface area contributed by atoms with E-state index in [4.69, 9.17) is 0 Å². The largest absolute Gasteiger partial charge is 0.345 e. The van der Waals surface area contributed by atoms with Gasteiger partial charge in [-0.3, -0.25) is 14.3 Å². The summed E-state index contributed by atoms with van der Waals surface area (Å²) in [6, 6.07) is 8.63. The normalized spacial score (nSPS) is 17.4. The molecule has 0 saturated carbocycles. The summed E-state index contributed by atoms with van der Waals surface area (Å²) in [5.74, 6) is 0.494. The lowest BCUT2D eigenvalue weighted by Gasteiger charge is -2.29. The number of carbonyl (C=O) groups excluding carboxylic acids is 1. The zero-order valence-corrected chi connectivity index (χ0v) is 18.0. The summed E-state index contributed by atoms with van der Waals surface area (Å²) in [7, 11) is -3.56. The first-order chi connectivity index (χ1) is 14.9. The molecule has 1 N–H and O–H groups in total. The van der Waals surface area contributed by atoms with Crippen LogP contribution in [0.2, 0.25) is 0 Å². The molecule has 3 aromatic heterocycles. The molecule has 31 heavy (non-hydrogen) atoms. The van der Waals surface area contributed by atoms with Crippen LogP contribution in [0.25, 0.3) is 5.82 Å². The predicted octanol–water partition coefficient (Wildman–Crippen LogP) is 2.01. The standard InChI is InChI=1S/C21H24N6O3S/c1-16-5-4-10-27(13-16)31(29,30)18-7-8-20(23-12-18)26-14-19(25-15-26)21(28)24-11-17-6-2-3-9-22-17/h2-3,6-9,12,14-16H,4-5,10-11,13H2,1H3,(H,24,28). The molecule has 4 rings (SSSR count). The molecule has 0 bridgehead atoms. The van der Waals surface area contributed by atoms with Gasteiger partial charge in [0.1, 0.15) is 22.7 Å². The zero-order valence-electron chi connectivity index (χ0n) is 17.2. The van der Waals surface area contributed by atoms with Crippen molar-refractivity contribution in [2.45, 2.75) is 31.2 Å². The van der Waals surface area contributed by atoms with E-state index in [9.17, 15) is 13.2 Å². The van der Waals surface area contributed by atoms with Crippen LogP contribution >= 0.6 is 0 Å². The molecule has 0 aromatic carbocycles. The van der Waals surface area contributed by atoms with Crippen molar-refractivity contribution in [2.75, 3.05) is 13.1 Å². The number of piperidine rings is 1. The Bertz CT molecular complexity index is 1150. The maximum atomic E-state index is 12.9. The van der Waals surface area contributed by atoms with Crippen LogP contribution in [0.3, 0.4) is 0 Å². The number of hydrogen-bond acceptors (Lipinski definition) is 6. The van der Waals surface area contributed by atoms with Gasteiger partial charge in [-0.05, 0) is 43.0 Å². The topological polar surface area (TPSA) is 110 Å². The Morgan fingerprint density at radius 2 is 2.06 bits per heavy atom. The third-order valence-corrected chi connectivity index (χ3v) is 7.06. The molecule has 10 heteroatoms. The van der Waals surface area contributed by atoms with Crippen LogP contribution in [-0.4, -0.2) is 51.2 Å². The van der Waals surface area contributed by atoms with Crippen molar-refractivity contribution in [1.82, 2.24) is 29.1 Å². The third-order valence-electron chi connectivity index (χ3n) is 5.21. The number of amides is 1. The molecule has 1 unspecified atom stereocenters. The highest BCUT2D eigenvalue weighted by atomic mass is 32.2. The fourth-order valence-electron chi connectivity index (χ4n) is 3.52. The monoisotopic (exact) mass is 440 g/mol. The fraction of sp³-hybridized carbons (Fsp3) is 0.333. The van der Waals surface area contributed by atoms with E-state index in [0.29, 0.717) is 31.4 Å². The van der Waals surface area contributed by atoms with Crippen molar-refractivity contribution in [3.05, 3.63) is 66.6 Å². The molecule has 162 valence electrons. The number of sulfonamides is 1. The van der Waals surface area contributed by atoms with E-state index in [1.807, 2.05) is 18.2 Å². The Kier molecular flexibility index (Phi) is 6.10. The van der Waals surface area contributed by atoms with E-state index < -0.39 is 10.0 Å². The van der Waals surface area contributed by atoms with E-state index in [2.05, 4.69) is 27.2 Å². The van der Waals surface area contributed by atoms with Gasteiger partial charge in [0.25, 0.3) is 5.91 Å². The number of imidazole rings is 1. The Hall–Kier alpha value is -3.11. The van der Waals surface area contributed by atoms with Gasteiger partial charge in [-0.25, -0.2) is 18.4 Å². The second kappa shape index (κ2) is 8.94. The molecule has 0 radical (unpaired) electrons. The number of hydrogen-bond donors (Lipinski definition) is 1. The van der Waals surface area contributed by atoms with E-state index in [1.54, 1.807) is 23.0 Å². The van der Waals surface area contributed by atoms with E-state index in [-0.39, 0.29) is 16.5 Å². The number of carbonyl (C=O) groups is 1. The molecule has 3 aromatic rings. The summed E-state index contributed by atoms with van der Waals surface area (Å²) in [6.07, 6.45) is 7.95. The molecule has 1 amide bonds. The lowest BCUT2D eigenvalue weighted by Crippen LogP contribution is -2.39. The molecule has 1 fully saturated rings. The lowest BCUT2D eigenvalue weighted by molar-refractivity contribution is 0.0946. The Balaban J connectivity index is 1.44. The summed E-state index contributed by atoms with van der Waals surface area (Å²) >= 11 is 0. The minimum Gasteiger partial charge on any atom is -0.345 e.